The molecular weight excluding hydrogens is 602 g/mol. The summed E-state index contributed by atoms with van der Waals surface area (Å²) in [4.78, 5) is 12.4. The largest absolute Gasteiger partial charge is 0.394 e. The van der Waals surface area contributed by atoms with Crippen LogP contribution in [0.3, 0.4) is 0 Å². The Balaban J connectivity index is 3.52. The molecule has 0 aliphatic carbocycles. The highest BCUT2D eigenvalue weighted by Crippen LogP contribution is 2.16. The van der Waals surface area contributed by atoms with E-state index in [4.69, 9.17) is 0 Å². The number of carbonyl (C=O) groups is 1. The Morgan fingerprint density at radius 3 is 1.35 bits per heavy atom. The van der Waals surface area contributed by atoms with Crippen molar-refractivity contribution < 1.29 is 15.0 Å². The van der Waals surface area contributed by atoms with Crippen molar-refractivity contribution in [3.63, 3.8) is 0 Å². The van der Waals surface area contributed by atoms with Gasteiger partial charge in [-0.1, -0.05) is 211 Å². The molecule has 0 aromatic rings. The van der Waals surface area contributed by atoms with Gasteiger partial charge in [-0.25, -0.2) is 0 Å². The SMILES string of the molecule is CC/C=C\C/C=C\C/C=C\CCCCCCCCCC(=O)NC(CO)C(O)CCCCCCCCCCCCCCCCCCCCCC. The fourth-order valence-electron chi connectivity index (χ4n) is 6.61. The van der Waals surface area contributed by atoms with Gasteiger partial charge in [0.1, 0.15) is 0 Å². The van der Waals surface area contributed by atoms with Crippen LogP contribution in [-0.2, 0) is 4.79 Å². The molecule has 0 saturated carbocycles. The predicted octanol–water partition coefficient (Wildman–Crippen LogP) is 13.4. The van der Waals surface area contributed by atoms with E-state index in [-0.39, 0.29) is 12.5 Å². The topological polar surface area (TPSA) is 69.6 Å². The lowest BCUT2D eigenvalue weighted by Crippen LogP contribution is -2.45. The van der Waals surface area contributed by atoms with Crippen molar-refractivity contribution in [2.75, 3.05) is 6.61 Å². The number of unbranched alkanes of at least 4 members (excludes halogenated alkanes) is 26. The second kappa shape index (κ2) is 41.0. The molecule has 1 amide bonds. The minimum absolute atomic E-state index is 0.0411. The first kappa shape index (κ1) is 47.6. The number of rotatable bonds is 39. The summed E-state index contributed by atoms with van der Waals surface area (Å²) < 4.78 is 0. The number of hydrogen-bond acceptors (Lipinski definition) is 3. The first-order valence-electron chi connectivity index (χ1n) is 21.7. The van der Waals surface area contributed by atoms with Crippen LogP contribution in [0.2, 0.25) is 0 Å². The molecule has 4 nitrogen and oxygen atoms in total. The highest BCUT2D eigenvalue weighted by Gasteiger charge is 2.20. The van der Waals surface area contributed by atoms with Crippen molar-refractivity contribution in [1.29, 1.82) is 0 Å². The van der Waals surface area contributed by atoms with E-state index in [0.717, 1.165) is 44.9 Å². The van der Waals surface area contributed by atoms with Crippen LogP contribution in [0.1, 0.15) is 226 Å². The van der Waals surface area contributed by atoms with Crippen molar-refractivity contribution in [2.45, 2.75) is 238 Å². The number of hydrogen-bond donors (Lipinski definition) is 3. The first-order valence-corrected chi connectivity index (χ1v) is 21.7. The first-order chi connectivity index (χ1) is 24.2. The van der Waals surface area contributed by atoms with Crippen LogP contribution >= 0.6 is 0 Å². The van der Waals surface area contributed by atoms with Crippen LogP contribution in [-0.4, -0.2) is 34.9 Å². The molecule has 0 rings (SSSR count). The number of nitrogens with one attached hydrogen (secondary N) is 1. The number of allylic oxidation sites excluding steroid dienone is 6. The van der Waals surface area contributed by atoms with Gasteiger partial charge in [-0.05, 0) is 44.9 Å². The molecule has 4 heteroatoms. The van der Waals surface area contributed by atoms with E-state index < -0.39 is 12.1 Å². The Kier molecular flexibility index (Phi) is 39.9. The number of amides is 1. The van der Waals surface area contributed by atoms with Gasteiger partial charge in [-0.2, -0.15) is 0 Å². The van der Waals surface area contributed by atoms with E-state index >= 15 is 0 Å². The molecule has 3 N–H and O–H groups in total. The maximum absolute atomic E-state index is 12.4. The van der Waals surface area contributed by atoms with Gasteiger partial charge in [0.05, 0.1) is 18.8 Å². The van der Waals surface area contributed by atoms with Crippen LogP contribution in [0.15, 0.2) is 36.5 Å². The summed E-state index contributed by atoms with van der Waals surface area (Å²) >= 11 is 0. The third-order valence-corrected chi connectivity index (χ3v) is 9.92. The molecule has 0 heterocycles. The van der Waals surface area contributed by atoms with E-state index in [2.05, 4.69) is 55.6 Å². The summed E-state index contributed by atoms with van der Waals surface area (Å²) in [5, 5.41) is 23.2. The molecule has 2 atom stereocenters. The Hall–Kier alpha value is -1.39. The smallest absolute Gasteiger partial charge is 0.220 e. The highest BCUT2D eigenvalue weighted by atomic mass is 16.3. The van der Waals surface area contributed by atoms with Gasteiger partial charge in [-0.3, -0.25) is 4.79 Å². The standard InChI is InChI=1S/C45H85NO3/c1-3-5-7-9-11-13-15-17-19-21-22-23-25-26-28-30-32-34-36-38-40-44(48)43(42-47)46-45(49)41-39-37-35-33-31-29-27-24-20-18-16-14-12-10-8-6-4-2/h6,8,12,14,18,20,43-44,47-48H,3-5,7,9-11,13,15-17,19,21-42H2,1-2H3,(H,46,49)/b8-6-,14-12-,20-18-. The molecule has 0 aliphatic rings. The molecule has 0 fully saturated rings. The van der Waals surface area contributed by atoms with Crippen molar-refractivity contribution in [3.05, 3.63) is 36.5 Å². The summed E-state index contributed by atoms with van der Waals surface area (Å²) in [7, 11) is 0. The molecule has 49 heavy (non-hydrogen) atoms. The van der Waals surface area contributed by atoms with E-state index in [0.29, 0.717) is 12.8 Å². The van der Waals surface area contributed by atoms with Gasteiger partial charge in [0.2, 0.25) is 5.91 Å². The van der Waals surface area contributed by atoms with Gasteiger partial charge in [-0.15, -0.1) is 0 Å². The second-order valence-electron chi connectivity index (χ2n) is 14.7. The van der Waals surface area contributed by atoms with Gasteiger partial charge < -0.3 is 15.5 Å². The summed E-state index contributed by atoms with van der Waals surface area (Å²) in [6, 6.07) is -0.541. The average Bonchev–Trinajstić information content (AvgIpc) is 3.10. The Morgan fingerprint density at radius 1 is 0.510 bits per heavy atom. The van der Waals surface area contributed by atoms with Crippen molar-refractivity contribution >= 4 is 5.91 Å². The second-order valence-corrected chi connectivity index (χ2v) is 14.7. The lowest BCUT2D eigenvalue weighted by atomic mass is 10.0. The number of aliphatic hydroxyl groups excluding tert-OH is 2. The zero-order valence-corrected chi connectivity index (χ0v) is 33.0. The van der Waals surface area contributed by atoms with E-state index in [9.17, 15) is 15.0 Å². The highest BCUT2D eigenvalue weighted by molar-refractivity contribution is 5.76. The van der Waals surface area contributed by atoms with Crippen LogP contribution < -0.4 is 5.32 Å². The Morgan fingerprint density at radius 2 is 0.898 bits per heavy atom. The maximum Gasteiger partial charge on any atom is 0.220 e. The normalized spacial score (nSPS) is 13.3. The molecular formula is C45H85NO3. The van der Waals surface area contributed by atoms with Crippen LogP contribution in [0.5, 0.6) is 0 Å². The van der Waals surface area contributed by atoms with Crippen molar-refractivity contribution in [3.8, 4) is 0 Å². The van der Waals surface area contributed by atoms with E-state index in [1.54, 1.807) is 0 Å². The summed E-state index contributed by atoms with van der Waals surface area (Å²) in [6.07, 6.45) is 53.6. The van der Waals surface area contributed by atoms with E-state index in [1.807, 2.05) is 0 Å². The monoisotopic (exact) mass is 688 g/mol. The molecule has 0 spiro atoms. The number of aliphatic hydroxyl groups is 2. The molecule has 0 bridgehead atoms. The quantitative estimate of drug-likeness (QED) is 0.0445. The van der Waals surface area contributed by atoms with Gasteiger partial charge in [0.15, 0.2) is 0 Å². The number of carbonyl (C=O) groups excluding carboxylic acids is 1. The maximum atomic E-state index is 12.4. The predicted molar refractivity (Wildman–Crippen MR) is 216 cm³/mol. The van der Waals surface area contributed by atoms with Crippen LogP contribution in [0.25, 0.3) is 0 Å². The summed E-state index contributed by atoms with van der Waals surface area (Å²) in [5.41, 5.74) is 0. The molecule has 2 unspecified atom stereocenters. The average molecular weight is 688 g/mol. The third-order valence-electron chi connectivity index (χ3n) is 9.92. The minimum atomic E-state index is -0.663. The Bertz CT molecular complexity index is 746. The molecule has 0 aromatic heterocycles. The lowest BCUT2D eigenvalue weighted by Gasteiger charge is -2.22. The molecule has 288 valence electrons. The molecule has 0 aliphatic heterocycles. The van der Waals surface area contributed by atoms with Gasteiger partial charge in [0.25, 0.3) is 0 Å². The van der Waals surface area contributed by atoms with Crippen LogP contribution in [0, 0.1) is 0 Å². The fourth-order valence-corrected chi connectivity index (χ4v) is 6.61. The minimum Gasteiger partial charge on any atom is -0.394 e. The van der Waals surface area contributed by atoms with Crippen molar-refractivity contribution in [1.82, 2.24) is 5.32 Å². The summed E-state index contributed by atoms with van der Waals surface area (Å²) in [5.74, 6) is -0.0411. The zero-order valence-electron chi connectivity index (χ0n) is 33.0. The van der Waals surface area contributed by atoms with Gasteiger partial charge in [0, 0.05) is 6.42 Å². The summed E-state index contributed by atoms with van der Waals surface area (Å²) in [6.45, 7) is 4.25. The van der Waals surface area contributed by atoms with Crippen LogP contribution in [0.4, 0.5) is 0 Å². The zero-order chi connectivity index (χ0) is 35.7. The van der Waals surface area contributed by atoms with E-state index in [1.165, 1.54) is 154 Å². The van der Waals surface area contributed by atoms with Crippen molar-refractivity contribution in [2.24, 2.45) is 0 Å². The molecule has 0 radical (unpaired) electrons. The molecule has 0 saturated heterocycles. The Labute approximate surface area is 306 Å². The molecule has 0 aromatic carbocycles. The lowest BCUT2D eigenvalue weighted by molar-refractivity contribution is -0.123. The fraction of sp³-hybridized carbons (Fsp3) is 0.844. The van der Waals surface area contributed by atoms with Gasteiger partial charge >= 0.3 is 0 Å². The third kappa shape index (κ3) is 37.7.